The fourth-order valence-corrected chi connectivity index (χ4v) is 4.14. The van der Waals surface area contributed by atoms with E-state index in [4.69, 9.17) is 0 Å². The van der Waals surface area contributed by atoms with Gasteiger partial charge in [-0.25, -0.2) is 16.8 Å². The number of unbranched alkanes of at least 4 members (excludes halogenated alkanes) is 18. The van der Waals surface area contributed by atoms with E-state index >= 15 is 0 Å². The molecule has 0 saturated heterocycles. The molecular weight excluding hydrogens is 593 g/mol. The van der Waals surface area contributed by atoms with Gasteiger partial charge < -0.3 is 9.11 Å². The van der Waals surface area contributed by atoms with E-state index < -0.39 is 20.8 Å². The molecule has 0 aliphatic carbocycles. The van der Waals surface area contributed by atoms with Crippen LogP contribution in [-0.4, -0.2) is 39.2 Å². The van der Waals surface area contributed by atoms with Crippen LogP contribution in [0.5, 0.6) is 0 Å². The van der Waals surface area contributed by atoms with Crippen LogP contribution >= 0.6 is 0 Å². The van der Waals surface area contributed by atoms with Gasteiger partial charge in [0.2, 0.25) is 20.8 Å². The van der Waals surface area contributed by atoms with Gasteiger partial charge in [-0.2, -0.15) is 0 Å². The summed E-state index contributed by atoms with van der Waals surface area (Å²) in [5.74, 6) is 0. The first kappa shape index (κ1) is 40.2. The van der Waals surface area contributed by atoms with E-state index in [9.17, 15) is 25.9 Å². The Bertz CT molecular complexity index is 559. The number of hydrogen-bond acceptors (Lipinski definition) is 8. The van der Waals surface area contributed by atoms with Crippen molar-refractivity contribution in [3.8, 4) is 0 Å². The van der Waals surface area contributed by atoms with Crippen LogP contribution < -0.4 is 0 Å². The van der Waals surface area contributed by atoms with Crippen LogP contribution in [0.2, 0.25) is 0 Å². The minimum atomic E-state index is -4.48. The van der Waals surface area contributed by atoms with Crippen molar-refractivity contribution in [3.05, 3.63) is 0 Å². The third-order valence-electron chi connectivity index (χ3n) is 5.45. The van der Waals surface area contributed by atoms with Crippen molar-refractivity contribution in [1.82, 2.24) is 0 Å². The zero-order valence-corrected chi connectivity index (χ0v) is 28.0. The Morgan fingerprint density at radius 2 is 0.629 bits per heavy atom. The number of hydrogen-bond donors (Lipinski definition) is 0. The molecule has 0 fully saturated rings. The molecule has 0 aromatic heterocycles. The summed E-state index contributed by atoms with van der Waals surface area (Å²) in [5, 5.41) is 0. The smallest absolute Gasteiger partial charge is 0.726 e. The third kappa shape index (κ3) is 45.0. The van der Waals surface area contributed by atoms with Crippen LogP contribution in [0, 0.1) is 0 Å². The Morgan fingerprint density at radius 3 is 0.829 bits per heavy atom. The fourth-order valence-electron chi connectivity index (χ4n) is 3.50. The summed E-state index contributed by atoms with van der Waals surface area (Å²) < 4.78 is 68.9. The number of rotatable bonds is 24. The van der Waals surface area contributed by atoms with Crippen molar-refractivity contribution in [2.24, 2.45) is 0 Å². The molecule has 0 atom stereocenters. The molecule has 0 amide bonds. The van der Waals surface area contributed by atoms with Gasteiger partial charge in [-0.15, -0.1) is 0 Å². The molecule has 35 heavy (non-hydrogen) atoms. The summed E-state index contributed by atoms with van der Waals surface area (Å²) in [5.41, 5.74) is 0. The minimum Gasteiger partial charge on any atom is -0.726 e. The van der Waals surface area contributed by atoms with Crippen molar-refractivity contribution in [2.75, 3.05) is 13.2 Å². The van der Waals surface area contributed by atoms with Gasteiger partial charge in [0, 0.05) is 0 Å². The average molecular weight is 643 g/mol. The quantitative estimate of drug-likeness (QED) is 0.0488. The standard InChI is InChI=1S/2C12H26O4S.Cd/c2*1-2-3-4-5-6-7-8-9-10-11-12-16-17(13,14)15;/h2*2-12H2,1H3,(H,13,14,15);/q;;+2/p-2. The molecule has 0 heterocycles. The zero-order valence-electron chi connectivity index (χ0n) is 22.3. The Labute approximate surface area is 236 Å². The largest absolute Gasteiger partial charge is 2.00 e. The molecule has 0 saturated carbocycles. The molecule has 0 N–H and O–H groups in total. The van der Waals surface area contributed by atoms with Crippen LogP contribution in [0.3, 0.4) is 0 Å². The molecule has 8 nitrogen and oxygen atoms in total. The third-order valence-corrected chi connectivity index (χ3v) is 6.36. The molecule has 0 aromatic carbocycles. The summed E-state index contributed by atoms with van der Waals surface area (Å²) >= 11 is 0. The second-order valence-electron chi connectivity index (χ2n) is 8.82. The Kier molecular flexibility index (Phi) is 33.5. The average Bonchev–Trinajstić information content (AvgIpc) is 2.75. The van der Waals surface area contributed by atoms with Crippen molar-refractivity contribution < 1.29 is 61.6 Å². The summed E-state index contributed by atoms with van der Waals surface area (Å²) in [6.45, 7) is 4.49. The summed E-state index contributed by atoms with van der Waals surface area (Å²) in [6.07, 6.45) is 23.4. The zero-order chi connectivity index (χ0) is 26.0. The topological polar surface area (TPSA) is 133 Å². The molecule has 11 heteroatoms. The van der Waals surface area contributed by atoms with Gasteiger partial charge >= 0.3 is 27.3 Å². The molecule has 0 bridgehead atoms. The first-order chi connectivity index (χ1) is 16.1. The fraction of sp³-hybridized carbons (Fsp3) is 1.00. The molecule has 0 radical (unpaired) electrons. The normalized spacial score (nSPS) is 11.5. The van der Waals surface area contributed by atoms with E-state index in [-0.39, 0.29) is 40.5 Å². The molecule has 0 aliphatic heterocycles. The molecule has 0 aliphatic rings. The van der Waals surface area contributed by atoms with Gasteiger partial charge in [-0.3, -0.25) is 8.37 Å². The van der Waals surface area contributed by atoms with E-state index in [0.717, 1.165) is 25.7 Å². The van der Waals surface area contributed by atoms with E-state index in [1.807, 2.05) is 0 Å². The predicted molar refractivity (Wildman–Crippen MR) is 135 cm³/mol. The first-order valence-corrected chi connectivity index (χ1v) is 16.0. The van der Waals surface area contributed by atoms with Crippen LogP contribution in [0.15, 0.2) is 0 Å². The molecule has 0 rings (SSSR count). The Balaban J connectivity index is -0.000000569. The summed E-state index contributed by atoms with van der Waals surface area (Å²) in [7, 11) is -8.97. The second kappa shape index (κ2) is 29.2. The van der Waals surface area contributed by atoms with Gasteiger partial charge in [-0.05, 0) is 12.8 Å². The minimum absolute atomic E-state index is 0. The van der Waals surface area contributed by atoms with Gasteiger partial charge in [0.05, 0.1) is 13.2 Å². The summed E-state index contributed by atoms with van der Waals surface area (Å²) in [6, 6.07) is 0. The van der Waals surface area contributed by atoms with Crippen molar-refractivity contribution in [2.45, 2.75) is 142 Å². The maximum absolute atomic E-state index is 10.1. The molecule has 0 spiro atoms. The van der Waals surface area contributed by atoms with Gasteiger partial charge in [0.1, 0.15) is 0 Å². The first-order valence-electron chi connectivity index (χ1n) is 13.3. The van der Waals surface area contributed by atoms with Crippen LogP contribution in [0.25, 0.3) is 0 Å². The van der Waals surface area contributed by atoms with Crippen LogP contribution in [0.1, 0.15) is 142 Å². The van der Waals surface area contributed by atoms with Crippen molar-refractivity contribution in [1.29, 1.82) is 0 Å². The van der Waals surface area contributed by atoms with Crippen LogP contribution in [-0.2, 0) is 56.5 Å². The monoisotopic (exact) mass is 644 g/mol. The molecular formula is C24H50CdO8S2. The van der Waals surface area contributed by atoms with Gasteiger partial charge in [0.15, 0.2) is 0 Å². The predicted octanol–water partition coefficient (Wildman–Crippen LogP) is 6.77. The molecule has 0 unspecified atom stereocenters. The van der Waals surface area contributed by atoms with E-state index in [0.29, 0.717) is 12.8 Å². The van der Waals surface area contributed by atoms with Crippen molar-refractivity contribution >= 4 is 20.8 Å². The van der Waals surface area contributed by atoms with Gasteiger partial charge in [0.25, 0.3) is 0 Å². The van der Waals surface area contributed by atoms with E-state index in [2.05, 4.69) is 22.2 Å². The molecule has 0 aromatic rings. The van der Waals surface area contributed by atoms with Gasteiger partial charge in [-0.1, -0.05) is 129 Å². The SMILES string of the molecule is CCCCCCCCCCCCOS(=O)(=O)[O-].CCCCCCCCCCCCOS(=O)(=O)[O-].[Cd+2]. The van der Waals surface area contributed by atoms with Crippen molar-refractivity contribution in [3.63, 3.8) is 0 Å². The molecule has 208 valence electrons. The maximum Gasteiger partial charge on any atom is 2.00 e. The Hall–Kier alpha value is 0.662. The Morgan fingerprint density at radius 1 is 0.429 bits per heavy atom. The summed E-state index contributed by atoms with van der Waals surface area (Å²) in [4.78, 5) is 0. The maximum atomic E-state index is 10.1. The van der Waals surface area contributed by atoms with E-state index in [1.165, 1.54) is 89.9 Å². The van der Waals surface area contributed by atoms with E-state index in [1.54, 1.807) is 0 Å². The second-order valence-corrected chi connectivity index (χ2v) is 10.9. The van der Waals surface area contributed by atoms with Crippen LogP contribution in [0.4, 0.5) is 0 Å².